The van der Waals surface area contributed by atoms with Crippen LogP contribution in [0.5, 0.6) is 0 Å². The van der Waals surface area contributed by atoms with Crippen molar-refractivity contribution < 1.29 is 13.9 Å². The average Bonchev–Trinajstić information content (AvgIpc) is 2.79. The average molecular weight is 424 g/mol. The smallest absolute Gasteiger partial charge is 0.352 e. The summed E-state index contributed by atoms with van der Waals surface area (Å²) in [5.74, 6) is -1.04. The second-order valence-electron chi connectivity index (χ2n) is 7.24. The third-order valence-electron chi connectivity index (χ3n) is 5.22. The van der Waals surface area contributed by atoms with E-state index in [2.05, 4.69) is 5.10 Å². The summed E-state index contributed by atoms with van der Waals surface area (Å²) >= 11 is 0. The standard InChI is InChI=1S/C22H21FN4O4/c1-15-4-2-3-5-16(15)14-26-21(29)19(20(28)25-10-12-31-13-11-25)24-27(22(26)30)18-8-6-17(23)7-9-18/h2-9H,10-14H2,1H3. The highest BCUT2D eigenvalue weighted by Crippen LogP contribution is 2.10. The van der Waals surface area contributed by atoms with E-state index >= 15 is 0 Å². The Balaban J connectivity index is 1.88. The van der Waals surface area contributed by atoms with Gasteiger partial charge in [-0.3, -0.25) is 14.2 Å². The molecule has 1 amide bonds. The predicted molar refractivity (Wildman–Crippen MR) is 111 cm³/mol. The van der Waals surface area contributed by atoms with Crippen LogP contribution in [0.1, 0.15) is 21.6 Å². The number of amides is 1. The second kappa shape index (κ2) is 8.65. The van der Waals surface area contributed by atoms with Gasteiger partial charge in [-0.15, -0.1) is 0 Å². The molecule has 1 saturated heterocycles. The van der Waals surface area contributed by atoms with Gasteiger partial charge in [-0.2, -0.15) is 9.78 Å². The highest BCUT2D eigenvalue weighted by Gasteiger charge is 2.26. The number of benzene rings is 2. The molecule has 1 aliphatic rings. The zero-order valence-corrected chi connectivity index (χ0v) is 17.0. The summed E-state index contributed by atoms with van der Waals surface area (Å²) in [6.45, 7) is 3.24. The van der Waals surface area contributed by atoms with Crippen molar-refractivity contribution in [2.45, 2.75) is 13.5 Å². The van der Waals surface area contributed by atoms with Crippen molar-refractivity contribution in [3.8, 4) is 5.69 Å². The molecule has 0 aliphatic carbocycles. The number of ether oxygens (including phenoxy) is 1. The molecule has 3 aromatic rings. The van der Waals surface area contributed by atoms with Crippen LogP contribution < -0.4 is 11.2 Å². The van der Waals surface area contributed by atoms with Crippen LogP contribution >= 0.6 is 0 Å². The molecule has 0 saturated carbocycles. The number of hydrogen-bond acceptors (Lipinski definition) is 5. The fraction of sp³-hybridized carbons (Fsp3) is 0.273. The summed E-state index contributed by atoms with van der Waals surface area (Å²) in [6, 6.07) is 12.5. The molecule has 31 heavy (non-hydrogen) atoms. The Labute approximate surface area is 177 Å². The summed E-state index contributed by atoms with van der Waals surface area (Å²) in [5, 5.41) is 4.09. The number of nitrogens with zero attached hydrogens (tertiary/aromatic N) is 4. The normalized spacial score (nSPS) is 13.9. The molecule has 0 bridgehead atoms. The van der Waals surface area contributed by atoms with Crippen LogP contribution in [0, 0.1) is 12.7 Å². The quantitative estimate of drug-likeness (QED) is 0.631. The lowest BCUT2D eigenvalue weighted by Gasteiger charge is -2.26. The van der Waals surface area contributed by atoms with Crippen LogP contribution in [0.4, 0.5) is 4.39 Å². The van der Waals surface area contributed by atoms with E-state index in [1.165, 1.54) is 29.2 Å². The molecule has 0 unspecified atom stereocenters. The maximum Gasteiger partial charge on any atom is 0.352 e. The molecule has 160 valence electrons. The number of halogens is 1. The highest BCUT2D eigenvalue weighted by atomic mass is 19.1. The molecule has 2 aromatic carbocycles. The molecule has 4 rings (SSSR count). The Bertz CT molecular complexity index is 1230. The first kappa shape index (κ1) is 20.7. The van der Waals surface area contributed by atoms with Crippen molar-refractivity contribution in [3.05, 3.63) is 92.0 Å². The molecule has 0 spiro atoms. The van der Waals surface area contributed by atoms with Gasteiger partial charge in [-0.05, 0) is 42.3 Å². The van der Waals surface area contributed by atoms with Gasteiger partial charge in [0.15, 0.2) is 0 Å². The molecule has 1 fully saturated rings. The van der Waals surface area contributed by atoms with E-state index in [1.807, 2.05) is 31.2 Å². The Hall–Kier alpha value is -3.59. The van der Waals surface area contributed by atoms with E-state index in [0.717, 1.165) is 20.4 Å². The molecule has 0 atom stereocenters. The van der Waals surface area contributed by atoms with E-state index in [-0.39, 0.29) is 17.9 Å². The number of aromatic nitrogens is 3. The van der Waals surface area contributed by atoms with Crippen LogP contribution in [0.2, 0.25) is 0 Å². The summed E-state index contributed by atoms with van der Waals surface area (Å²) in [4.78, 5) is 40.9. The van der Waals surface area contributed by atoms with E-state index < -0.39 is 23.0 Å². The third kappa shape index (κ3) is 4.17. The van der Waals surface area contributed by atoms with Crippen LogP contribution in [-0.2, 0) is 11.3 Å². The Morgan fingerprint density at radius 2 is 1.74 bits per heavy atom. The molecule has 0 radical (unpaired) electrons. The highest BCUT2D eigenvalue weighted by molar-refractivity contribution is 5.91. The van der Waals surface area contributed by atoms with Gasteiger partial charge in [0, 0.05) is 13.1 Å². The lowest BCUT2D eigenvalue weighted by molar-refractivity contribution is 0.0295. The fourth-order valence-corrected chi connectivity index (χ4v) is 3.41. The van der Waals surface area contributed by atoms with E-state index in [0.29, 0.717) is 26.3 Å². The van der Waals surface area contributed by atoms with Crippen molar-refractivity contribution >= 4 is 5.91 Å². The first-order valence-corrected chi connectivity index (χ1v) is 9.87. The number of aryl methyl sites for hydroxylation is 1. The summed E-state index contributed by atoms with van der Waals surface area (Å²) in [6.07, 6.45) is 0. The number of hydrogen-bond donors (Lipinski definition) is 0. The van der Waals surface area contributed by atoms with Gasteiger partial charge in [0.1, 0.15) is 5.82 Å². The summed E-state index contributed by atoms with van der Waals surface area (Å²) in [7, 11) is 0. The van der Waals surface area contributed by atoms with Gasteiger partial charge in [-0.1, -0.05) is 24.3 Å². The van der Waals surface area contributed by atoms with Crippen LogP contribution in [-0.4, -0.2) is 51.5 Å². The SMILES string of the molecule is Cc1ccccc1Cn1c(=O)c(C(=O)N2CCOCC2)nn(-c2ccc(F)cc2)c1=O. The van der Waals surface area contributed by atoms with Gasteiger partial charge >= 0.3 is 5.69 Å². The monoisotopic (exact) mass is 424 g/mol. The molecular weight excluding hydrogens is 403 g/mol. The van der Waals surface area contributed by atoms with Crippen LogP contribution in [0.3, 0.4) is 0 Å². The lowest BCUT2D eigenvalue weighted by Crippen LogP contribution is -2.48. The van der Waals surface area contributed by atoms with Crippen molar-refractivity contribution in [2.75, 3.05) is 26.3 Å². The van der Waals surface area contributed by atoms with E-state index in [1.54, 1.807) is 0 Å². The van der Waals surface area contributed by atoms with Crippen molar-refractivity contribution in [1.82, 2.24) is 19.2 Å². The molecule has 8 nitrogen and oxygen atoms in total. The summed E-state index contributed by atoms with van der Waals surface area (Å²) < 4.78 is 20.6. The lowest BCUT2D eigenvalue weighted by atomic mass is 10.1. The molecule has 9 heteroatoms. The van der Waals surface area contributed by atoms with Crippen molar-refractivity contribution in [3.63, 3.8) is 0 Å². The van der Waals surface area contributed by atoms with Gasteiger partial charge in [-0.25, -0.2) is 9.18 Å². The van der Waals surface area contributed by atoms with E-state index in [4.69, 9.17) is 4.74 Å². The number of rotatable bonds is 4. The largest absolute Gasteiger partial charge is 0.378 e. The summed E-state index contributed by atoms with van der Waals surface area (Å²) in [5.41, 5.74) is 0.0881. The predicted octanol–water partition coefficient (Wildman–Crippen LogP) is 1.36. The van der Waals surface area contributed by atoms with Gasteiger partial charge in [0.25, 0.3) is 11.5 Å². The molecular formula is C22H21FN4O4. The number of carbonyl (C=O) groups is 1. The first-order valence-electron chi connectivity index (χ1n) is 9.87. The van der Waals surface area contributed by atoms with Crippen molar-refractivity contribution in [1.29, 1.82) is 0 Å². The molecule has 0 N–H and O–H groups in total. The molecule has 1 aromatic heterocycles. The zero-order valence-electron chi connectivity index (χ0n) is 17.0. The minimum atomic E-state index is -0.761. The molecule has 1 aliphatic heterocycles. The van der Waals surface area contributed by atoms with Gasteiger partial charge in [0.05, 0.1) is 25.4 Å². The Morgan fingerprint density at radius 3 is 2.42 bits per heavy atom. The minimum absolute atomic E-state index is 0.0164. The topological polar surface area (TPSA) is 86.4 Å². The maximum atomic E-state index is 13.4. The van der Waals surface area contributed by atoms with Gasteiger partial charge < -0.3 is 9.64 Å². The number of carbonyl (C=O) groups excluding carboxylic acids is 1. The minimum Gasteiger partial charge on any atom is -0.378 e. The maximum absolute atomic E-state index is 13.4. The Morgan fingerprint density at radius 1 is 1.06 bits per heavy atom. The van der Waals surface area contributed by atoms with Crippen molar-refractivity contribution in [2.24, 2.45) is 0 Å². The number of morpholine rings is 1. The van der Waals surface area contributed by atoms with Crippen LogP contribution in [0.25, 0.3) is 5.69 Å². The first-order chi connectivity index (χ1) is 15.0. The fourth-order valence-electron chi connectivity index (χ4n) is 3.41. The van der Waals surface area contributed by atoms with Gasteiger partial charge in [0.2, 0.25) is 5.69 Å². The molecule has 2 heterocycles. The Kier molecular flexibility index (Phi) is 5.77. The zero-order chi connectivity index (χ0) is 22.0. The van der Waals surface area contributed by atoms with Crippen LogP contribution in [0.15, 0.2) is 58.1 Å². The second-order valence-corrected chi connectivity index (χ2v) is 7.24. The van der Waals surface area contributed by atoms with E-state index in [9.17, 15) is 18.8 Å². The third-order valence-corrected chi connectivity index (χ3v) is 5.22.